The molecule has 152 valence electrons. The number of hydrogen-bond acceptors (Lipinski definition) is 6. The molecule has 3 heterocycles. The van der Waals surface area contributed by atoms with E-state index in [2.05, 4.69) is 10.1 Å². The lowest BCUT2D eigenvalue weighted by Gasteiger charge is -2.24. The number of rotatable bonds is 4. The number of benzene rings is 1. The summed E-state index contributed by atoms with van der Waals surface area (Å²) >= 11 is 0. The first-order chi connectivity index (χ1) is 14.0. The molecule has 1 aromatic heterocycles. The fourth-order valence-electron chi connectivity index (χ4n) is 3.95. The van der Waals surface area contributed by atoms with Crippen LogP contribution >= 0.6 is 0 Å². The van der Waals surface area contributed by atoms with Gasteiger partial charge in [0.2, 0.25) is 5.91 Å². The lowest BCUT2D eigenvalue weighted by molar-refractivity contribution is -0.131. The molecule has 2 aliphatic rings. The number of amides is 3. The molecule has 1 aromatic carbocycles. The molecule has 0 aliphatic carbocycles. The molecule has 0 atom stereocenters. The number of carbonyl (C=O) groups excluding carboxylic acids is 3. The Morgan fingerprint density at radius 3 is 2.34 bits per heavy atom. The van der Waals surface area contributed by atoms with Crippen molar-refractivity contribution in [1.82, 2.24) is 19.9 Å². The van der Waals surface area contributed by atoms with E-state index in [-0.39, 0.29) is 12.5 Å². The number of aryl methyl sites for hydroxylation is 2. The van der Waals surface area contributed by atoms with E-state index in [1.165, 1.54) is 0 Å². The normalized spacial score (nSPS) is 17.6. The van der Waals surface area contributed by atoms with Gasteiger partial charge in [0.15, 0.2) is 0 Å². The van der Waals surface area contributed by atoms with Crippen molar-refractivity contribution in [1.29, 1.82) is 0 Å². The van der Waals surface area contributed by atoms with Gasteiger partial charge in [0.1, 0.15) is 12.3 Å². The first kappa shape index (κ1) is 19.3. The van der Waals surface area contributed by atoms with E-state index in [4.69, 9.17) is 4.52 Å². The van der Waals surface area contributed by atoms with E-state index >= 15 is 0 Å². The Kier molecular flexibility index (Phi) is 5.19. The molecule has 0 unspecified atom stereocenters. The fourth-order valence-corrected chi connectivity index (χ4v) is 3.95. The Morgan fingerprint density at radius 2 is 1.72 bits per heavy atom. The summed E-state index contributed by atoms with van der Waals surface area (Å²) in [7, 11) is 0. The standard InChI is InChI=1S/C21H24N4O4/c1-14-18(15(2)29-22-14)12-23-8-5-9-24(11-10-23)19(26)13-25-20(27)16-6-3-4-7-17(16)21(25)28/h3-4,6-7H,5,8-13H2,1-2H3. The lowest BCUT2D eigenvalue weighted by atomic mass is 10.1. The highest BCUT2D eigenvalue weighted by atomic mass is 16.5. The summed E-state index contributed by atoms with van der Waals surface area (Å²) in [6, 6.07) is 6.69. The van der Waals surface area contributed by atoms with Crippen molar-refractivity contribution in [3.63, 3.8) is 0 Å². The lowest BCUT2D eigenvalue weighted by Crippen LogP contribution is -2.44. The summed E-state index contributed by atoms with van der Waals surface area (Å²) in [6.45, 7) is 7.12. The number of carbonyl (C=O) groups is 3. The number of fused-ring (bicyclic) bond motifs is 1. The summed E-state index contributed by atoms with van der Waals surface area (Å²) in [4.78, 5) is 42.9. The van der Waals surface area contributed by atoms with Gasteiger partial charge in [-0.05, 0) is 32.4 Å². The van der Waals surface area contributed by atoms with Crippen LogP contribution in [-0.2, 0) is 11.3 Å². The van der Waals surface area contributed by atoms with E-state index in [1.54, 1.807) is 29.2 Å². The molecular weight excluding hydrogens is 372 g/mol. The van der Waals surface area contributed by atoms with Crippen molar-refractivity contribution >= 4 is 17.7 Å². The van der Waals surface area contributed by atoms with E-state index in [0.717, 1.165) is 48.0 Å². The van der Waals surface area contributed by atoms with E-state index in [1.807, 2.05) is 13.8 Å². The van der Waals surface area contributed by atoms with Gasteiger partial charge in [-0.15, -0.1) is 0 Å². The second-order valence-corrected chi connectivity index (χ2v) is 7.56. The zero-order valence-corrected chi connectivity index (χ0v) is 16.7. The van der Waals surface area contributed by atoms with Gasteiger partial charge in [-0.25, -0.2) is 0 Å². The zero-order valence-electron chi connectivity index (χ0n) is 16.7. The van der Waals surface area contributed by atoms with Gasteiger partial charge in [0.05, 0.1) is 16.8 Å². The molecule has 8 nitrogen and oxygen atoms in total. The summed E-state index contributed by atoms with van der Waals surface area (Å²) < 4.78 is 5.24. The molecule has 0 N–H and O–H groups in total. The van der Waals surface area contributed by atoms with Crippen LogP contribution < -0.4 is 0 Å². The first-order valence-corrected chi connectivity index (χ1v) is 9.83. The summed E-state index contributed by atoms with van der Waals surface area (Å²) in [5.41, 5.74) is 2.72. The van der Waals surface area contributed by atoms with Crippen LogP contribution in [0.4, 0.5) is 0 Å². The molecule has 2 aromatic rings. The van der Waals surface area contributed by atoms with Crippen LogP contribution in [0.5, 0.6) is 0 Å². The van der Waals surface area contributed by atoms with E-state index in [9.17, 15) is 14.4 Å². The fraction of sp³-hybridized carbons (Fsp3) is 0.429. The molecule has 2 aliphatic heterocycles. The Labute approximate surface area is 169 Å². The first-order valence-electron chi connectivity index (χ1n) is 9.83. The zero-order chi connectivity index (χ0) is 20.5. The maximum absolute atomic E-state index is 12.8. The predicted molar refractivity (Wildman–Crippen MR) is 104 cm³/mol. The predicted octanol–water partition coefficient (Wildman–Crippen LogP) is 1.62. The average molecular weight is 396 g/mol. The van der Waals surface area contributed by atoms with Crippen molar-refractivity contribution in [2.45, 2.75) is 26.8 Å². The van der Waals surface area contributed by atoms with Crippen LogP contribution in [-0.4, -0.2) is 70.3 Å². The van der Waals surface area contributed by atoms with Crippen LogP contribution in [0.1, 0.15) is 44.2 Å². The Morgan fingerprint density at radius 1 is 1.03 bits per heavy atom. The maximum Gasteiger partial charge on any atom is 0.262 e. The molecule has 0 saturated carbocycles. The second kappa shape index (κ2) is 7.79. The van der Waals surface area contributed by atoms with Crippen LogP contribution in [0.2, 0.25) is 0 Å². The SMILES string of the molecule is Cc1noc(C)c1CN1CCCN(C(=O)CN2C(=O)c3ccccc3C2=O)CC1. The number of aromatic nitrogens is 1. The van der Waals surface area contributed by atoms with Crippen molar-refractivity contribution < 1.29 is 18.9 Å². The molecule has 0 spiro atoms. The van der Waals surface area contributed by atoms with Crippen molar-refractivity contribution in [3.8, 4) is 0 Å². The Balaban J connectivity index is 1.37. The molecule has 8 heteroatoms. The molecule has 0 radical (unpaired) electrons. The van der Waals surface area contributed by atoms with Crippen LogP contribution in [0.25, 0.3) is 0 Å². The van der Waals surface area contributed by atoms with Crippen LogP contribution in [0, 0.1) is 13.8 Å². The monoisotopic (exact) mass is 396 g/mol. The third-order valence-corrected chi connectivity index (χ3v) is 5.68. The topological polar surface area (TPSA) is 87.0 Å². The summed E-state index contributed by atoms with van der Waals surface area (Å²) in [5.74, 6) is -0.161. The van der Waals surface area contributed by atoms with Gasteiger partial charge in [0.25, 0.3) is 11.8 Å². The summed E-state index contributed by atoms with van der Waals surface area (Å²) in [6.07, 6.45) is 0.831. The Hall–Kier alpha value is -3.00. The third-order valence-electron chi connectivity index (χ3n) is 5.68. The highest BCUT2D eigenvalue weighted by Gasteiger charge is 2.37. The minimum Gasteiger partial charge on any atom is -0.361 e. The molecule has 4 rings (SSSR count). The third kappa shape index (κ3) is 3.67. The van der Waals surface area contributed by atoms with Crippen LogP contribution in [0.3, 0.4) is 0 Å². The van der Waals surface area contributed by atoms with E-state index in [0.29, 0.717) is 24.2 Å². The van der Waals surface area contributed by atoms with Crippen molar-refractivity contribution in [3.05, 3.63) is 52.4 Å². The molecular formula is C21H24N4O4. The largest absolute Gasteiger partial charge is 0.361 e. The van der Waals surface area contributed by atoms with Crippen molar-refractivity contribution in [2.75, 3.05) is 32.7 Å². The number of nitrogens with zero attached hydrogens (tertiary/aromatic N) is 4. The highest BCUT2D eigenvalue weighted by Crippen LogP contribution is 2.22. The molecule has 3 amide bonds. The average Bonchev–Trinajstić information content (AvgIpc) is 3.03. The smallest absolute Gasteiger partial charge is 0.262 e. The quantitative estimate of drug-likeness (QED) is 0.730. The van der Waals surface area contributed by atoms with Gasteiger partial charge in [-0.3, -0.25) is 24.2 Å². The van der Waals surface area contributed by atoms with Gasteiger partial charge in [0, 0.05) is 38.3 Å². The summed E-state index contributed by atoms with van der Waals surface area (Å²) in [5, 5.41) is 4.00. The second-order valence-electron chi connectivity index (χ2n) is 7.56. The molecule has 29 heavy (non-hydrogen) atoms. The highest BCUT2D eigenvalue weighted by molar-refractivity contribution is 6.22. The van der Waals surface area contributed by atoms with E-state index < -0.39 is 11.8 Å². The van der Waals surface area contributed by atoms with Gasteiger partial charge < -0.3 is 9.42 Å². The maximum atomic E-state index is 12.8. The minimum absolute atomic E-state index is 0.196. The van der Waals surface area contributed by atoms with Gasteiger partial charge in [-0.1, -0.05) is 17.3 Å². The minimum atomic E-state index is -0.395. The molecule has 1 saturated heterocycles. The molecule has 0 bridgehead atoms. The van der Waals surface area contributed by atoms with Crippen LogP contribution in [0.15, 0.2) is 28.8 Å². The molecule has 1 fully saturated rings. The van der Waals surface area contributed by atoms with Gasteiger partial charge in [-0.2, -0.15) is 0 Å². The van der Waals surface area contributed by atoms with Crippen molar-refractivity contribution in [2.24, 2.45) is 0 Å². The Bertz CT molecular complexity index is 913. The number of imide groups is 1. The van der Waals surface area contributed by atoms with Gasteiger partial charge >= 0.3 is 0 Å². The number of hydrogen-bond donors (Lipinski definition) is 0.